The van der Waals surface area contributed by atoms with E-state index in [1.54, 1.807) is 0 Å². The van der Waals surface area contributed by atoms with Gasteiger partial charge in [0.2, 0.25) is 0 Å². The topological polar surface area (TPSA) is 17.1 Å². The molecule has 1 aliphatic carbocycles. The maximum Gasteiger partial charge on any atom is 0.124 e. The largest absolute Gasteiger partial charge is 0.303 e. The first-order valence-electron chi connectivity index (χ1n) is 3.85. The van der Waals surface area contributed by atoms with Crippen LogP contribution < -0.4 is 0 Å². The Balaban J connectivity index is 2.50. The number of aldehydes is 1. The Kier molecular flexibility index (Phi) is 2.90. The van der Waals surface area contributed by atoms with E-state index in [0.717, 1.165) is 12.7 Å². The Labute approximate surface area is 70.3 Å². The van der Waals surface area contributed by atoms with Crippen molar-refractivity contribution in [2.24, 2.45) is 11.8 Å². The monoisotopic (exact) mass is 204 g/mol. The zero-order valence-corrected chi connectivity index (χ0v) is 7.80. The number of hydrogen-bond donors (Lipinski definition) is 0. The number of halogens is 1. The molecule has 0 saturated heterocycles. The summed E-state index contributed by atoms with van der Waals surface area (Å²) in [6.07, 6.45) is 4.64. The summed E-state index contributed by atoms with van der Waals surface area (Å²) in [7, 11) is 0. The van der Waals surface area contributed by atoms with Crippen molar-refractivity contribution in [2.75, 3.05) is 0 Å². The highest BCUT2D eigenvalue weighted by atomic mass is 79.9. The summed E-state index contributed by atoms with van der Waals surface area (Å²) < 4.78 is 0. The molecule has 0 amide bonds. The molecule has 0 spiro atoms. The highest BCUT2D eigenvalue weighted by molar-refractivity contribution is 9.09. The third-order valence-corrected chi connectivity index (χ3v) is 3.91. The zero-order chi connectivity index (χ0) is 7.56. The maximum absolute atomic E-state index is 10.5. The van der Waals surface area contributed by atoms with E-state index in [1.807, 2.05) is 0 Å². The second kappa shape index (κ2) is 3.51. The van der Waals surface area contributed by atoms with E-state index in [9.17, 15) is 4.79 Å². The molecule has 10 heavy (non-hydrogen) atoms. The van der Waals surface area contributed by atoms with E-state index >= 15 is 0 Å². The van der Waals surface area contributed by atoms with Crippen molar-refractivity contribution in [3.63, 3.8) is 0 Å². The van der Waals surface area contributed by atoms with Gasteiger partial charge in [-0.3, -0.25) is 0 Å². The summed E-state index contributed by atoms with van der Waals surface area (Å²) in [4.78, 5) is 10.9. The minimum atomic E-state index is 0.267. The Hall–Kier alpha value is 0.150. The second-order valence-electron chi connectivity index (χ2n) is 3.15. The van der Waals surface area contributed by atoms with Crippen LogP contribution in [0.1, 0.15) is 26.2 Å². The van der Waals surface area contributed by atoms with Crippen molar-refractivity contribution in [1.29, 1.82) is 0 Å². The highest BCUT2D eigenvalue weighted by Crippen LogP contribution is 2.32. The molecule has 0 N–H and O–H groups in total. The van der Waals surface area contributed by atoms with E-state index in [1.165, 1.54) is 12.8 Å². The van der Waals surface area contributed by atoms with Gasteiger partial charge in [-0.15, -0.1) is 0 Å². The lowest BCUT2D eigenvalue weighted by Gasteiger charge is -2.28. The molecule has 0 heterocycles. The van der Waals surface area contributed by atoms with Crippen LogP contribution in [0.25, 0.3) is 0 Å². The van der Waals surface area contributed by atoms with Crippen molar-refractivity contribution in [3.05, 3.63) is 0 Å². The molecule has 3 unspecified atom stereocenters. The molecule has 0 aromatic carbocycles. The number of alkyl halides is 1. The second-order valence-corrected chi connectivity index (χ2v) is 4.21. The van der Waals surface area contributed by atoms with E-state index < -0.39 is 0 Å². The van der Waals surface area contributed by atoms with E-state index in [4.69, 9.17) is 0 Å². The molecule has 58 valence electrons. The molecular formula is C8H13BrO. The first-order chi connectivity index (χ1) is 4.75. The lowest BCUT2D eigenvalue weighted by Crippen LogP contribution is -2.27. The summed E-state index contributed by atoms with van der Waals surface area (Å²) in [5, 5.41) is 0. The van der Waals surface area contributed by atoms with Crippen LogP contribution in [-0.2, 0) is 4.79 Å². The van der Waals surface area contributed by atoms with Gasteiger partial charge in [0.05, 0.1) is 0 Å². The highest BCUT2D eigenvalue weighted by Gasteiger charge is 2.27. The van der Waals surface area contributed by atoms with Crippen LogP contribution in [0.2, 0.25) is 0 Å². The smallest absolute Gasteiger partial charge is 0.124 e. The Morgan fingerprint density at radius 1 is 1.50 bits per heavy atom. The summed E-state index contributed by atoms with van der Waals surface area (Å²) in [5.41, 5.74) is 0. The zero-order valence-electron chi connectivity index (χ0n) is 6.22. The molecular weight excluding hydrogens is 192 g/mol. The van der Waals surface area contributed by atoms with Crippen LogP contribution in [-0.4, -0.2) is 11.1 Å². The van der Waals surface area contributed by atoms with Gasteiger partial charge in [-0.05, 0) is 18.8 Å². The van der Waals surface area contributed by atoms with Gasteiger partial charge in [-0.2, -0.15) is 0 Å². The van der Waals surface area contributed by atoms with Gasteiger partial charge in [0.15, 0.2) is 0 Å². The Morgan fingerprint density at radius 3 is 2.70 bits per heavy atom. The molecule has 1 aliphatic rings. The fraction of sp³-hybridized carbons (Fsp3) is 0.875. The van der Waals surface area contributed by atoms with Crippen molar-refractivity contribution in [1.82, 2.24) is 0 Å². The first kappa shape index (κ1) is 8.25. The standard InChI is InChI=1S/C8H13BrO/c1-6-3-2-4-7(5-10)8(6)9/h5-8H,2-4H2,1H3. The predicted molar refractivity (Wildman–Crippen MR) is 45.3 cm³/mol. The van der Waals surface area contributed by atoms with Gasteiger partial charge in [-0.25, -0.2) is 0 Å². The van der Waals surface area contributed by atoms with Crippen molar-refractivity contribution < 1.29 is 4.79 Å². The molecule has 3 atom stereocenters. The van der Waals surface area contributed by atoms with Crippen molar-refractivity contribution in [3.8, 4) is 0 Å². The van der Waals surface area contributed by atoms with E-state index in [-0.39, 0.29) is 5.92 Å². The van der Waals surface area contributed by atoms with Crippen LogP contribution in [0.15, 0.2) is 0 Å². The molecule has 0 aromatic heterocycles. The first-order valence-corrected chi connectivity index (χ1v) is 4.76. The van der Waals surface area contributed by atoms with Crippen LogP contribution in [0.3, 0.4) is 0 Å². The summed E-state index contributed by atoms with van der Waals surface area (Å²) in [5.74, 6) is 0.938. The molecule has 1 saturated carbocycles. The molecule has 0 radical (unpaired) electrons. The van der Waals surface area contributed by atoms with Crippen LogP contribution in [0, 0.1) is 11.8 Å². The molecule has 0 bridgehead atoms. The quantitative estimate of drug-likeness (QED) is 0.474. The maximum atomic E-state index is 10.5. The van der Waals surface area contributed by atoms with Gasteiger partial charge >= 0.3 is 0 Å². The lowest BCUT2D eigenvalue weighted by molar-refractivity contribution is -0.111. The number of carbonyl (C=O) groups is 1. The molecule has 2 heteroatoms. The Morgan fingerprint density at radius 2 is 2.20 bits per heavy atom. The van der Waals surface area contributed by atoms with Crippen molar-refractivity contribution in [2.45, 2.75) is 31.0 Å². The van der Waals surface area contributed by atoms with Gasteiger partial charge in [-0.1, -0.05) is 29.3 Å². The van der Waals surface area contributed by atoms with Crippen LogP contribution >= 0.6 is 15.9 Å². The Bertz CT molecular complexity index is 124. The number of rotatable bonds is 1. The van der Waals surface area contributed by atoms with Gasteiger partial charge in [0.25, 0.3) is 0 Å². The fourth-order valence-corrected chi connectivity index (χ4v) is 2.21. The number of hydrogen-bond acceptors (Lipinski definition) is 1. The number of carbonyl (C=O) groups excluding carboxylic acids is 1. The van der Waals surface area contributed by atoms with E-state index in [2.05, 4.69) is 22.9 Å². The SMILES string of the molecule is CC1CCCC(C=O)C1Br. The lowest BCUT2D eigenvalue weighted by atomic mass is 9.83. The predicted octanol–water partition coefficient (Wildman–Crippen LogP) is 2.39. The van der Waals surface area contributed by atoms with Gasteiger partial charge < -0.3 is 4.79 Å². The van der Waals surface area contributed by atoms with Crippen LogP contribution in [0.5, 0.6) is 0 Å². The molecule has 1 rings (SSSR count). The summed E-state index contributed by atoms with van der Waals surface area (Å²) >= 11 is 3.55. The molecule has 1 nitrogen and oxygen atoms in total. The average molecular weight is 205 g/mol. The van der Waals surface area contributed by atoms with E-state index in [0.29, 0.717) is 10.7 Å². The minimum Gasteiger partial charge on any atom is -0.303 e. The third-order valence-electron chi connectivity index (χ3n) is 2.32. The molecule has 1 fully saturated rings. The van der Waals surface area contributed by atoms with Crippen LogP contribution in [0.4, 0.5) is 0 Å². The third kappa shape index (κ3) is 1.60. The normalized spacial score (nSPS) is 41.2. The fourth-order valence-electron chi connectivity index (χ4n) is 1.56. The minimum absolute atomic E-state index is 0.267. The van der Waals surface area contributed by atoms with Gasteiger partial charge in [0, 0.05) is 10.7 Å². The average Bonchev–Trinajstić information content (AvgIpc) is 1.95. The van der Waals surface area contributed by atoms with Crippen molar-refractivity contribution >= 4 is 22.2 Å². The molecule has 0 aliphatic heterocycles. The summed E-state index contributed by atoms with van der Waals surface area (Å²) in [6.45, 7) is 2.20. The molecule has 0 aromatic rings. The summed E-state index contributed by atoms with van der Waals surface area (Å²) in [6, 6.07) is 0. The van der Waals surface area contributed by atoms with Gasteiger partial charge in [0.1, 0.15) is 6.29 Å².